The molecule has 0 nitrogen and oxygen atoms in total. The first kappa shape index (κ1) is 28.5. The summed E-state index contributed by atoms with van der Waals surface area (Å²) in [5, 5.41) is 12.6. The third kappa shape index (κ3) is 4.69. The normalized spacial score (nSPS) is 11.6. The van der Waals surface area contributed by atoms with Crippen LogP contribution in [0.25, 0.3) is 98.4 Å². The topological polar surface area (TPSA) is 0 Å². The van der Waals surface area contributed by atoms with Gasteiger partial charge in [0.25, 0.3) is 0 Å². The lowest BCUT2D eigenvalue weighted by atomic mass is 9.85. The molecule has 0 saturated carbocycles. The molecule has 0 aromatic heterocycles. The van der Waals surface area contributed by atoms with Crippen LogP contribution in [0.2, 0.25) is 0 Å². The SMILES string of the molecule is c1cc(-c2ccc3ccccc3c2)cc(-c2c3ccccc3c(-c3ccc4ccc(-c5cccc6ccccc56)cc4c3)c3ccccc23)c1. The number of benzene rings is 10. The lowest BCUT2D eigenvalue weighted by Crippen LogP contribution is -1.91. The maximum Gasteiger partial charge on any atom is -0.00262 e. The van der Waals surface area contributed by atoms with Gasteiger partial charge in [0.15, 0.2) is 0 Å². The summed E-state index contributed by atoms with van der Waals surface area (Å²) < 4.78 is 0. The third-order valence-corrected chi connectivity index (χ3v) is 10.4. The Hall–Kier alpha value is -6.50. The quantitative estimate of drug-likeness (QED) is 0.169. The van der Waals surface area contributed by atoms with Crippen LogP contribution in [0.4, 0.5) is 0 Å². The van der Waals surface area contributed by atoms with Crippen molar-refractivity contribution in [3.8, 4) is 44.5 Å². The molecule has 0 atom stereocenters. The molecule has 10 aromatic rings. The van der Waals surface area contributed by atoms with Gasteiger partial charge in [-0.25, -0.2) is 0 Å². The molecule has 0 amide bonds. The standard InChI is InChI=1S/C50H32/c1-2-13-36-29-38(26-23-33(36)11-1)37-15-9-16-40(30-37)49-45-18-5-7-20-47(45)50(48-21-8-6-19-46(48)49)41-28-25-34-24-27-39(31-42(34)32-41)44-22-10-14-35-12-3-4-17-43(35)44/h1-32H. The molecule has 0 fully saturated rings. The Kier molecular flexibility index (Phi) is 6.60. The fourth-order valence-electron chi connectivity index (χ4n) is 8.02. The van der Waals surface area contributed by atoms with Gasteiger partial charge in [-0.15, -0.1) is 0 Å². The zero-order chi connectivity index (χ0) is 33.0. The fourth-order valence-corrected chi connectivity index (χ4v) is 8.02. The van der Waals surface area contributed by atoms with Crippen molar-refractivity contribution in [1.29, 1.82) is 0 Å². The molecule has 0 spiro atoms. The molecule has 0 bridgehead atoms. The highest BCUT2D eigenvalue weighted by Crippen LogP contribution is 2.45. The fraction of sp³-hybridized carbons (Fsp3) is 0. The molecule has 0 aliphatic rings. The van der Waals surface area contributed by atoms with Gasteiger partial charge in [0.2, 0.25) is 0 Å². The summed E-state index contributed by atoms with van der Waals surface area (Å²) in [7, 11) is 0. The Morgan fingerprint density at radius 1 is 0.200 bits per heavy atom. The first-order valence-electron chi connectivity index (χ1n) is 17.3. The molecule has 0 saturated heterocycles. The summed E-state index contributed by atoms with van der Waals surface area (Å²) >= 11 is 0. The van der Waals surface area contributed by atoms with Crippen LogP contribution in [0.1, 0.15) is 0 Å². The second kappa shape index (κ2) is 11.6. The monoisotopic (exact) mass is 632 g/mol. The van der Waals surface area contributed by atoms with Gasteiger partial charge in [-0.3, -0.25) is 0 Å². The molecule has 0 N–H and O–H groups in total. The Bertz CT molecular complexity index is 2860. The molecule has 0 heterocycles. The van der Waals surface area contributed by atoms with Gasteiger partial charge >= 0.3 is 0 Å². The third-order valence-electron chi connectivity index (χ3n) is 10.4. The van der Waals surface area contributed by atoms with Crippen molar-refractivity contribution in [2.75, 3.05) is 0 Å². The Morgan fingerprint density at radius 2 is 0.620 bits per heavy atom. The average molecular weight is 633 g/mol. The van der Waals surface area contributed by atoms with Crippen molar-refractivity contribution in [2.24, 2.45) is 0 Å². The predicted molar refractivity (Wildman–Crippen MR) is 216 cm³/mol. The summed E-state index contributed by atoms with van der Waals surface area (Å²) in [6.45, 7) is 0. The Balaban J connectivity index is 1.16. The minimum absolute atomic E-state index is 1.22. The highest BCUT2D eigenvalue weighted by Gasteiger charge is 2.17. The molecule has 0 unspecified atom stereocenters. The highest BCUT2D eigenvalue weighted by molar-refractivity contribution is 6.22. The van der Waals surface area contributed by atoms with E-state index in [1.54, 1.807) is 0 Å². The summed E-state index contributed by atoms with van der Waals surface area (Å²) in [5.74, 6) is 0. The van der Waals surface area contributed by atoms with E-state index in [9.17, 15) is 0 Å². The van der Waals surface area contributed by atoms with Crippen LogP contribution in [-0.4, -0.2) is 0 Å². The molecule has 0 aliphatic carbocycles. The van der Waals surface area contributed by atoms with Gasteiger partial charge in [0.1, 0.15) is 0 Å². The van der Waals surface area contributed by atoms with Crippen molar-refractivity contribution in [2.45, 2.75) is 0 Å². The van der Waals surface area contributed by atoms with Crippen LogP contribution < -0.4 is 0 Å². The van der Waals surface area contributed by atoms with Gasteiger partial charge < -0.3 is 0 Å². The van der Waals surface area contributed by atoms with Crippen LogP contribution in [0, 0.1) is 0 Å². The number of hydrogen-bond donors (Lipinski definition) is 0. The van der Waals surface area contributed by atoms with Crippen molar-refractivity contribution in [1.82, 2.24) is 0 Å². The Morgan fingerprint density at radius 3 is 1.32 bits per heavy atom. The second-order valence-corrected chi connectivity index (χ2v) is 13.3. The highest BCUT2D eigenvalue weighted by atomic mass is 14.2. The van der Waals surface area contributed by atoms with Crippen molar-refractivity contribution >= 4 is 53.9 Å². The van der Waals surface area contributed by atoms with Gasteiger partial charge in [-0.1, -0.05) is 170 Å². The maximum absolute atomic E-state index is 2.39. The van der Waals surface area contributed by atoms with Gasteiger partial charge in [0, 0.05) is 0 Å². The van der Waals surface area contributed by atoms with Gasteiger partial charge in [-0.05, 0) is 123 Å². The molecule has 10 aromatic carbocycles. The van der Waals surface area contributed by atoms with E-state index in [0.717, 1.165) is 0 Å². The molecule has 0 heteroatoms. The zero-order valence-electron chi connectivity index (χ0n) is 27.5. The molecular weight excluding hydrogens is 601 g/mol. The predicted octanol–water partition coefficient (Wildman–Crippen LogP) is 14.1. The summed E-state index contributed by atoms with van der Waals surface area (Å²) in [6, 6.07) is 71.4. The number of fused-ring (bicyclic) bond motifs is 5. The lowest BCUT2D eigenvalue weighted by Gasteiger charge is -2.18. The largest absolute Gasteiger partial charge is 0.0616 e. The molecule has 10 rings (SSSR count). The van der Waals surface area contributed by atoms with E-state index in [1.165, 1.54) is 98.4 Å². The van der Waals surface area contributed by atoms with E-state index in [-0.39, 0.29) is 0 Å². The molecule has 50 heavy (non-hydrogen) atoms. The minimum Gasteiger partial charge on any atom is -0.0616 e. The average Bonchev–Trinajstić information content (AvgIpc) is 3.19. The van der Waals surface area contributed by atoms with Crippen molar-refractivity contribution < 1.29 is 0 Å². The molecule has 232 valence electrons. The van der Waals surface area contributed by atoms with E-state index < -0.39 is 0 Å². The van der Waals surface area contributed by atoms with Gasteiger partial charge in [-0.2, -0.15) is 0 Å². The molecule has 0 aliphatic heterocycles. The van der Waals surface area contributed by atoms with Crippen LogP contribution in [0.3, 0.4) is 0 Å². The number of rotatable bonds is 4. The lowest BCUT2D eigenvalue weighted by molar-refractivity contribution is 1.63. The van der Waals surface area contributed by atoms with Crippen molar-refractivity contribution in [3.63, 3.8) is 0 Å². The maximum atomic E-state index is 2.39. The number of hydrogen-bond acceptors (Lipinski definition) is 0. The summed E-state index contributed by atoms with van der Waals surface area (Å²) in [5.41, 5.74) is 9.98. The van der Waals surface area contributed by atoms with E-state index >= 15 is 0 Å². The van der Waals surface area contributed by atoms with E-state index in [0.29, 0.717) is 0 Å². The first-order valence-corrected chi connectivity index (χ1v) is 17.3. The summed E-state index contributed by atoms with van der Waals surface area (Å²) in [4.78, 5) is 0. The van der Waals surface area contributed by atoms with Crippen LogP contribution in [-0.2, 0) is 0 Å². The van der Waals surface area contributed by atoms with Crippen molar-refractivity contribution in [3.05, 3.63) is 194 Å². The van der Waals surface area contributed by atoms with Gasteiger partial charge in [0.05, 0.1) is 0 Å². The smallest absolute Gasteiger partial charge is 0.00262 e. The molecule has 0 radical (unpaired) electrons. The second-order valence-electron chi connectivity index (χ2n) is 13.3. The van der Waals surface area contributed by atoms with Crippen LogP contribution in [0.15, 0.2) is 194 Å². The Labute approximate surface area is 291 Å². The molecular formula is C50H32. The first-order chi connectivity index (χ1) is 24.8. The van der Waals surface area contributed by atoms with Crippen LogP contribution in [0.5, 0.6) is 0 Å². The zero-order valence-corrected chi connectivity index (χ0v) is 27.5. The van der Waals surface area contributed by atoms with Crippen LogP contribution >= 0.6 is 0 Å². The van der Waals surface area contributed by atoms with E-state index in [2.05, 4.69) is 194 Å². The van der Waals surface area contributed by atoms with E-state index in [4.69, 9.17) is 0 Å². The summed E-state index contributed by atoms with van der Waals surface area (Å²) in [6.07, 6.45) is 0. The van der Waals surface area contributed by atoms with E-state index in [1.807, 2.05) is 0 Å². The minimum atomic E-state index is 1.22.